The first-order chi connectivity index (χ1) is 15.1. The summed E-state index contributed by atoms with van der Waals surface area (Å²) in [6.45, 7) is 4.73. The first-order valence-electron chi connectivity index (χ1n) is 11.0. The zero-order valence-electron chi connectivity index (χ0n) is 17.8. The average Bonchev–Trinajstić information content (AvgIpc) is 3.49. The van der Waals surface area contributed by atoms with Crippen molar-refractivity contribution in [1.82, 2.24) is 25.2 Å². The molecule has 2 aromatic rings. The highest BCUT2D eigenvalue weighted by Gasteiger charge is 2.33. The molecule has 1 atom stereocenters. The van der Waals surface area contributed by atoms with Crippen LogP contribution in [-0.2, 0) is 18.0 Å². The van der Waals surface area contributed by atoms with Crippen LogP contribution in [0.3, 0.4) is 0 Å². The van der Waals surface area contributed by atoms with Crippen molar-refractivity contribution in [3.63, 3.8) is 0 Å². The molecule has 2 aromatic heterocycles. The van der Waals surface area contributed by atoms with E-state index in [4.69, 9.17) is 9.72 Å². The smallest absolute Gasteiger partial charge is 0.269 e. The fourth-order valence-electron chi connectivity index (χ4n) is 4.94. The minimum absolute atomic E-state index is 0.0414. The third-order valence-corrected chi connectivity index (χ3v) is 6.76. The van der Waals surface area contributed by atoms with Crippen LogP contribution in [0.15, 0.2) is 23.1 Å². The van der Waals surface area contributed by atoms with E-state index in [1.165, 1.54) is 0 Å². The molecule has 1 amide bonds. The maximum Gasteiger partial charge on any atom is 0.269 e. The molecule has 0 saturated carbocycles. The van der Waals surface area contributed by atoms with Crippen molar-refractivity contribution in [3.05, 3.63) is 51.5 Å². The van der Waals surface area contributed by atoms with Gasteiger partial charge in [-0.05, 0) is 37.9 Å². The molecule has 2 fully saturated rings. The number of H-pyrrole nitrogens is 1. The Morgan fingerprint density at radius 3 is 2.77 bits per heavy atom. The maximum atomic E-state index is 12.3. The van der Waals surface area contributed by atoms with Crippen molar-refractivity contribution in [2.24, 2.45) is 0 Å². The van der Waals surface area contributed by atoms with E-state index >= 15 is 0 Å². The highest BCUT2D eigenvalue weighted by molar-refractivity contribution is 5.92. The highest BCUT2D eigenvalue weighted by atomic mass is 16.5. The van der Waals surface area contributed by atoms with Crippen LogP contribution in [0.1, 0.15) is 52.8 Å². The van der Waals surface area contributed by atoms with Crippen LogP contribution in [0, 0.1) is 0 Å². The molecular weight excluding hydrogens is 396 g/mol. The van der Waals surface area contributed by atoms with Crippen LogP contribution < -0.4 is 15.8 Å². The Morgan fingerprint density at radius 2 is 2.03 bits per heavy atom. The Bertz CT molecular complexity index is 1010. The number of amides is 1. The first-order valence-corrected chi connectivity index (χ1v) is 11.0. The summed E-state index contributed by atoms with van der Waals surface area (Å²) in [6.07, 6.45) is 4.99. The molecule has 31 heavy (non-hydrogen) atoms. The first kappa shape index (κ1) is 20.1. The normalized spacial score (nSPS) is 22.0. The molecule has 9 heteroatoms. The molecule has 0 radical (unpaired) electrons. The van der Waals surface area contributed by atoms with Gasteiger partial charge in [0, 0.05) is 38.6 Å². The monoisotopic (exact) mass is 424 g/mol. The van der Waals surface area contributed by atoms with E-state index in [-0.39, 0.29) is 17.4 Å². The van der Waals surface area contributed by atoms with E-state index in [0.717, 1.165) is 62.6 Å². The summed E-state index contributed by atoms with van der Waals surface area (Å²) in [7, 11) is 1.61. The van der Waals surface area contributed by atoms with Gasteiger partial charge in [-0.1, -0.05) is 0 Å². The number of pyridine rings is 1. The highest BCUT2D eigenvalue weighted by Crippen LogP contribution is 2.30. The largest absolute Gasteiger partial charge is 0.370 e. The topological polar surface area (TPSA) is 103 Å². The predicted molar refractivity (Wildman–Crippen MR) is 115 cm³/mol. The molecule has 0 spiro atoms. The number of rotatable bonds is 4. The van der Waals surface area contributed by atoms with Crippen molar-refractivity contribution in [3.8, 4) is 0 Å². The fraction of sp³-hybridized carbons (Fsp3) is 0.545. The van der Waals surface area contributed by atoms with Gasteiger partial charge in [0.05, 0.1) is 36.4 Å². The second-order valence-corrected chi connectivity index (χ2v) is 8.55. The molecule has 5 heterocycles. The van der Waals surface area contributed by atoms with Gasteiger partial charge in [0.15, 0.2) is 0 Å². The number of carbonyl (C=O) groups excluding carboxylic acids is 1. The lowest BCUT2D eigenvalue weighted by Crippen LogP contribution is -2.44. The molecule has 2 saturated heterocycles. The number of anilines is 1. The van der Waals surface area contributed by atoms with Gasteiger partial charge in [0.25, 0.3) is 11.5 Å². The number of hydrogen-bond donors (Lipinski definition) is 2. The minimum Gasteiger partial charge on any atom is -0.370 e. The number of aromatic nitrogens is 3. The van der Waals surface area contributed by atoms with E-state index in [2.05, 4.69) is 25.1 Å². The quantitative estimate of drug-likeness (QED) is 0.755. The van der Waals surface area contributed by atoms with Gasteiger partial charge >= 0.3 is 0 Å². The van der Waals surface area contributed by atoms with Crippen molar-refractivity contribution in [1.29, 1.82) is 0 Å². The summed E-state index contributed by atoms with van der Waals surface area (Å²) >= 11 is 0. The molecule has 5 rings (SSSR count). The van der Waals surface area contributed by atoms with Crippen LogP contribution in [0.4, 0.5) is 5.69 Å². The number of ether oxygens (including phenoxy) is 1. The predicted octanol–water partition coefficient (Wildman–Crippen LogP) is 1.01. The molecule has 9 nitrogen and oxygen atoms in total. The summed E-state index contributed by atoms with van der Waals surface area (Å²) in [5, 5.41) is 2.60. The van der Waals surface area contributed by atoms with Crippen molar-refractivity contribution in [2.75, 3.05) is 38.1 Å². The Hall–Kier alpha value is -2.78. The standard InChI is InChI=1S/C22H28N6O3/c1-23-22(30)18-3-2-16(10-24-18)27-8-5-15(6-9-27)28-7-4-14(11-28)20-25-19-13-31-12-17(19)21(29)26-20/h2-3,10,14-15H,4-9,11-13H2,1H3,(H,23,30)(H,25,26,29). The SMILES string of the molecule is CNC(=O)c1ccc(N2CCC(N3CCC(c4nc5c(c(=O)[nH]4)COC5)C3)CC2)cn1. The zero-order valence-corrected chi connectivity index (χ0v) is 17.8. The Balaban J connectivity index is 1.18. The Morgan fingerprint density at radius 1 is 1.19 bits per heavy atom. The minimum atomic E-state index is -0.166. The van der Waals surface area contributed by atoms with Gasteiger partial charge in [-0.2, -0.15) is 0 Å². The second kappa shape index (κ2) is 8.39. The third kappa shape index (κ3) is 3.95. The Kier molecular flexibility index (Phi) is 5.45. The Labute approximate surface area is 180 Å². The van der Waals surface area contributed by atoms with E-state index in [0.29, 0.717) is 30.5 Å². The number of likely N-dealkylation sites (tertiary alicyclic amines) is 1. The van der Waals surface area contributed by atoms with Crippen molar-refractivity contribution >= 4 is 11.6 Å². The summed E-state index contributed by atoms with van der Waals surface area (Å²) in [4.78, 5) is 40.8. The number of nitrogens with one attached hydrogen (secondary N) is 2. The molecule has 0 bridgehead atoms. The van der Waals surface area contributed by atoms with Crippen molar-refractivity contribution < 1.29 is 9.53 Å². The lowest BCUT2D eigenvalue weighted by atomic mass is 10.0. The molecule has 0 aromatic carbocycles. The molecule has 164 valence electrons. The van der Waals surface area contributed by atoms with Crippen LogP contribution in [0.25, 0.3) is 0 Å². The summed E-state index contributed by atoms with van der Waals surface area (Å²) in [6, 6.07) is 4.30. The number of aromatic amines is 1. The molecule has 0 aliphatic carbocycles. The van der Waals surface area contributed by atoms with Crippen LogP contribution in [0.2, 0.25) is 0 Å². The van der Waals surface area contributed by atoms with E-state index in [1.807, 2.05) is 6.07 Å². The van der Waals surface area contributed by atoms with E-state index in [1.54, 1.807) is 19.3 Å². The van der Waals surface area contributed by atoms with E-state index in [9.17, 15) is 9.59 Å². The van der Waals surface area contributed by atoms with Gasteiger partial charge < -0.3 is 19.9 Å². The maximum absolute atomic E-state index is 12.3. The van der Waals surface area contributed by atoms with Crippen LogP contribution >= 0.6 is 0 Å². The van der Waals surface area contributed by atoms with Gasteiger partial charge in [-0.25, -0.2) is 9.97 Å². The van der Waals surface area contributed by atoms with Gasteiger partial charge in [0.1, 0.15) is 11.5 Å². The summed E-state index contributed by atoms with van der Waals surface area (Å²) in [5.41, 5.74) is 2.95. The third-order valence-electron chi connectivity index (χ3n) is 6.76. The number of carbonyl (C=O) groups is 1. The lowest BCUT2D eigenvalue weighted by Gasteiger charge is -2.37. The van der Waals surface area contributed by atoms with E-state index < -0.39 is 0 Å². The molecular formula is C22H28N6O3. The molecule has 3 aliphatic heterocycles. The second-order valence-electron chi connectivity index (χ2n) is 8.55. The van der Waals surface area contributed by atoms with Crippen LogP contribution in [0.5, 0.6) is 0 Å². The summed E-state index contributed by atoms with van der Waals surface area (Å²) in [5.74, 6) is 0.926. The van der Waals surface area contributed by atoms with Gasteiger partial charge in [-0.3, -0.25) is 14.5 Å². The number of piperidine rings is 1. The van der Waals surface area contributed by atoms with Crippen molar-refractivity contribution in [2.45, 2.75) is 44.4 Å². The average molecular weight is 425 g/mol. The number of fused-ring (bicyclic) bond motifs is 1. The summed E-state index contributed by atoms with van der Waals surface area (Å²) < 4.78 is 5.38. The van der Waals surface area contributed by atoms with Gasteiger partial charge in [0.2, 0.25) is 0 Å². The number of nitrogens with zero attached hydrogens (tertiary/aromatic N) is 4. The number of hydrogen-bond acceptors (Lipinski definition) is 7. The molecule has 2 N–H and O–H groups in total. The zero-order chi connectivity index (χ0) is 21.4. The lowest BCUT2D eigenvalue weighted by molar-refractivity contribution is 0.0958. The molecule has 1 unspecified atom stereocenters. The fourth-order valence-corrected chi connectivity index (χ4v) is 4.94. The molecule has 3 aliphatic rings. The van der Waals surface area contributed by atoms with Gasteiger partial charge in [-0.15, -0.1) is 0 Å². The van der Waals surface area contributed by atoms with Crippen LogP contribution in [-0.4, -0.2) is 65.0 Å².